The molecule has 4 rings (SSSR count). The van der Waals surface area contributed by atoms with Crippen molar-refractivity contribution in [2.45, 2.75) is 51.1 Å². The van der Waals surface area contributed by atoms with E-state index in [-0.39, 0.29) is 30.3 Å². The number of amides is 4. The number of aryl methyl sites for hydroxylation is 1. The maximum Gasteiger partial charge on any atom is 0.337 e. The second-order valence-corrected chi connectivity index (χ2v) is 8.48. The molecule has 0 radical (unpaired) electrons. The van der Waals surface area contributed by atoms with Crippen LogP contribution in [0.15, 0.2) is 48.5 Å². The molecule has 1 heterocycles. The van der Waals surface area contributed by atoms with E-state index in [1.807, 2.05) is 19.1 Å². The van der Waals surface area contributed by atoms with Crippen LogP contribution >= 0.6 is 0 Å². The molecule has 2 aromatic carbocycles. The van der Waals surface area contributed by atoms with Crippen molar-refractivity contribution in [1.82, 2.24) is 4.90 Å². The zero-order chi connectivity index (χ0) is 23.5. The smallest absolute Gasteiger partial charge is 0.337 e. The van der Waals surface area contributed by atoms with Crippen molar-refractivity contribution in [2.24, 2.45) is 0 Å². The number of rotatable bonds is 6. The Morgan fingerprint density at radius 1 is 1.06 bits per heavy atom. The number of methoxy groups -OCH3 is 1. The molecule has 4 amide bonds. The Kier molecular flexibility index (Phi) is 6.44. The fraction of sp³-hybridized carbons (Fsp3) is 0.360. The summed E-state index contributed by atoms with van der Waals surface area (Å²) in [7, 11) is 1.30. The molecule has 8 nitrogen and oxygen atoms in total. The van der Waals surface area contributed by atoms with Gasteiger partial charge in [0.05, 0.1) is 24.8 Å². The van der Waals surface area contributed by atoms with Gasteiger partial charge in [0.2, 0.25) is 5.91 Å². The number of esters is 1. The molecule has 172 valence electrons. The number of urea groups is 1. The molecular formula is C25H27N3O5. The van der Waals surface area contributed by atoms with Crippen LogP contribution < -0.4 is 10.2 Å². The van der Waals surface area contributed by atoms with E-state index in [0.29, 0.717) is 16.9 Å². The average Bonchev–Trinajstić information content (AvgIpc) is 3.40. The molecule has 33 heavy (non-hydrogen) atoms. The Balaban J connectivity index is 1.53. The highest BCUT2D eigenvalue weighted by atomic mass is 16.5. The highest BCUT2D eigenvalue weighted by Gasteiger charge is 2.49. The molecule has 8 heteroatoms. The van der Waals surface area contributed by atoms with Crippen molar-refractivity contribution in [3.8, 4) is 0 Å². The minimum Gasteiger partial charge on any atom is -0.465 e. The zero-order valence-corrected chi connectivity index (χ0v) is 18.7. The summed E-state index contributed by atoms with van der Waals surface area (Å²) in [5, 5.41) is 2.76. The fourth-order valence-corrected chi connectivity index (χ4v) is 4.59. The van der Waals surface area contributed by atoms with Gasteiger partial charge in [-0.05, 0) is 61.7 Å². The van der Waals surface area contributed by atoms with E-state index in [1.165, 1.54) is 12.0 Å². The summed E-state index contributed by atoms with van der Waals surface area (Å²) < 4.78 is 4.68. The Hall–Kier alpha value is -3.68. The van der Waals surface area contributed by atoms with Gasteiger partial charge >= 0.3 is 12.0 Å². The van der Waals surface area contributed by atoms with Crippen molar-refractivity contribution in [2.75, 3.05) is 17.3 Å². The lowest BCUT2D eigenvalue weighted by molar-refractivity contribution is -0.124. The third kappa shape index (κ3) is 4.60. The normalized spacial score (nSPS) is 18.7. The van der Waals surface area contributed by atoms with Crippen LogP contribution in [0.4, 0.5) is 16.2 Å². The van der Waals surface area contributed by atoms with Crippen molar-refractivity contribution in [3.05, 3.63) is 59.7 Å². The summed E-state index contributed by atoms with van der Waals surface area (Å²) in [5.41, 5.74) is 2.33. The van der Waals surface area contributed by atoms with Crippen LogP contribution in [0.2, 0.25) is 0 Å². The molecule has 0 spiro atoms. The van der Waals surface area contributed by atoms with E-state index in [0.717, 1.165) is 31.2 Å². The monoisotopic (exact) mass is 449 g/mol. The molecule has 1 aliphatic heterocycles. The van der Waals surface area contributed by atoms with Crippen LogP contribution in [0, 0.1) is 6.92 Å². The molecule has 1 saturated carbocycles. The van der Waals surface area contributed by atoms with Gasteiger partial charge in [-0.2, -0.15) is 0 Å². The SMILES string of the molecule is COC(=O)c1ccc(NC(=O)C[C@@H]2C(=O)N(c3cccc(C)c3)C(=O)N2C2CCCC2)cc1. The third-order valence-corrected chi connectivity index (χ3v) is 6.20. The van der Waals surface area contributed by atoms with Crippen molar-refractivity contribution >= 4 is 35.2 Å². The topological polar surface area (TPSA) is 96.0 Å². The maximum absolute atomic E-state index is 13.4. The number of ether oxygens (including phenoxy) is 1. The number of benzene rings is 2. The van der Waals surface area contributed by atoms with Crippen molar-refractivity contribution in [3.63, 3.8) is 0 Å². The first kappa shape index (κ1) is 22.5. The van der Waals surface area contributed by atoms with Gasteiger partial charge in [-0.3, -0.25) is 9.59 Å². The van der Waals surface area contributed by atoms with E-state index >= 15 is 0 Å². The van der Waals surface area contributed by atoms with Gasteiger partial charge < -0.3 is 15.0 Å². The first-order chi connectivity index (χ1) is 15.9. The van der Waals surface area contributed by atoms with E-state index in [9.17, 15) is 19.2 Å². The number of nitrogens with zero attached hydrogens (tertiary/aromatic N) is 2. The Bertz CT molecular complexity index is 1080. The Morgan fingerprint density at radius 2 is 1.76 bits per heavy atom. The van der Waals surface area contributed by atoms with Crippen LogP contribution in [0.5, 0.6) is 0 Å². The number of nitrogens with one attached hydrogen (secondary N) is 1. The lowest BCUT2D eigenvalue weighted by Crippen LogP contribution is -2.43. The van der Waals surface area contributed by atoms with E-state index in [4.69, 9.17) is 0 Å². The minimum absolute atomic E-state index is 0.0478. The second-order valence-electron chi connectivity index (χ2n) is 8.48. The van der Waals surface area contributed by atoms with Crippen LogP contribution in [0.3, 0.4) is 0 Å². The molecule has 1 saturated heterocycles. The average molecular weight is 450 g/mol. The fourth-order valence-electron chi connectivity index (χ4n) is 4.59. The Labute approximate surface area is 192 Å². The van der Waals surface area contributed by atoms with Crippen LogP contribution in [0.25, 0.3) is 0 Å². The molecule has 0 bridgehead atoms. The van der Waals surface area contributed by atoms with Gasteiger partial charge in [0.1, 0.15) is 6.04 Å². The van der Waals surface area contributed by atoms with Gasteiger partial charge in [0.25, 0.3) is 5.91 Å². The van der Waals surface area contributed by atoms with E-state index in [2.05, 4.69) is 10.1 Å². The summed E-state index contributed by atoms with van der Waals surface area (Å²) >= 11 is 0. The quantitative estimate of drug-likeness (QED) is 0.533. The molecule has 0 aromatic heterocycles. The van der Waals surface area contributed by atoms with Gasteiger partial charge in [0.15, 0.2) is 0 Å². The number of imide groups is 1. The predicted molar refractivity (Wildman–Crippen MR) is 123 cm³/mol. The van der Waals surface area contributed by atoms with Gasteiger partial charge in [-0.1, -0.05) is 25.0 Å². The number of carbonyl (C=O) groups is 4. The number of hydrogen-bond acceptors (Lipinski definition) is 5. The van der Waals surface area contributed by atoms with Crippen molar-refractivity contribution in [1.29, 1.82) is 0 Å². The molecule has 2 aliphatic rings. The Morgan fingerprint density at radius 3 is 2.39 bits per heavy atom. The molecule has 1 N–H and O–H groups in total. The largest absolute Gasteiger partial charge is 0.465 e. The molecule has 1 atom stereocenters. The summed E-state index contributed by atoms with van der Waals surface area (Å²) in [6, 6.07) is 12.3. The molecule has 2 fully saturated rings. The lowest BCUT2D eigenvalue weighted by atomic mass is 10.1. The highest BCUT2D eigenvalue weighted by Crippen LogP contribution is 2.34. The molecular weight excluding hydrogens is 422 g/mol. The van der Waals surface area contributed by atoms with Gasteiger partial charge in [0, 0.05) is 11.7 Å². The number of carbonyl (C=O) groups excluding carboxylic acids is 4. The van der Waals surface area contributed by atoms with Crippen LogP contribution in [-0.2, 0) is 14.3 Å². The summed E-state index contributed by atoms with van der Waals surface area (Å²) in [4.78, 5) is 54.0. The lowest BCUT2D eigenvalue weighted by Gasteiger charge is -2.27. The standard InChI is InChI=1S/C25H27N3O5/c1-16-6-5-9-20(14-16)28-23(30)21(27(25(28)32)19-7-3-4-8-19)15-22(29)26-18-12-10-17(11-13-18)24(31)33-2/h5-6,9-14,19,21H,3-4,7-8,15H2,1-2H3,(H,26,29)/t21-/m1/s1. The van der Waals surface area contributed by atoms with Crippen LogP contribution in [-0.4, -0.2) is 47.9 Å². The minimum atomic E-state index is -0.851. The summed E-state index contributed by atoms with van der Waals surface area (Å²) in [6.45, 7) is 1.90. The summed E-state index contributed by atoms with van der Waals surface area (Å²) in [5.74, 6) is -1.22. The van der Waals surface area contributed by atoms with Gasteiger partial charge in [-0.25, -0.2) is 14.5 Å². The summed E-state index contributed by atoms with van der Waals surface area (Å²) in [6.07, 6.45) is 3.51. The highest BCUT2D eigenvalue weighted by molar-refractivity contribution is 6.22. The molecule has 2 aromatic rings. The van der Waals surface area contributed by atoms with E-state index < -0.39 is 12.0 Å². The van der Waals surface area contributed by atoms with Gasteiger partial charge in [-0.15, -0.1) is 0 Å². The predicted octanol–water partition coefficient (Wildman–Crippen LogP) is 3.89. The first-order valence-electron chi connectivity index (χ1n) is 11.1. The first-order valence-corrected chi connectivity index (χ1v) is 11.1. The third-order valence-electron chi connectivity index (χ3n) is 6.20. The zero-order valence-electron chi connectivity index (χ0n) is 18.7. The second kappa shape index (κ2) is 9.44. The van der Waals surface area contributed by atoms with Crippen LogP contribution in [0.1, 0.15) is 48.0 Å². The van der Waals surface area contributed by atoms with Crippen molar-refractivity contribution < 1.29 is 23.9 Å². The molecule has 1 aliphatic carbocycles. The molecule has 0 unspecified atom stereocenters. The van der Waals surface area contributed by atoms with E-state index in [1.54, 1.807) is 41.3 Å². The maximum atomic E-state index is 13.4. The number of anilines is 2. The number of hydrogen-bond donors (Lipinski definition) is 1.